The molecule has 30 heavy (non-hydrogen) atoms. The molecule has 1 fully saturated rings. The molecule has 0 amide bonds. The van der Waals surface area contributed by atoms with E-state index < -0.39 is 0 Å². The van der Waals surface area contributed by atoms with Gasteiger partial charge in [0.25, 0.3) is 0 Å². The zero-order valence-corrected chi connectivity index (χ0v) is 17.4. The van der Waals surface area contributed by atoms with E-state index in [1.807, 2.05) is 37.3 Å². The maximum absolute atomic E-state index is 5.50. The van der Waals surface area contributed by atoms with Crippen LogP contribution in [0, 0.1) is 0 Å². The Morgan fingerprint density at radius 2 is 1.70 bits per heavy atom. The van der Waals surface area contributed by atoms with Crippen LogP contribution in [0.5, 0.6) is 5.75 Å². The Bertz CT molecular complexity index is 976. The van der Waals surface area contributed by atoms with E-state index in [9.17, 15) is 0 Å². The Hall–Kier alpha value is -3.00. The van der Waals surface area contributed by atoms with Crippen molar-refractivity contribution >= 4 is 5.82 Å². The fourth-order valence-electron chi connectivity index (χ4n) is 4.20. The van der Waals surface area contributed by atoms with E-state index in [1.165, 1.54) is 6.42 Å². The molecule has 8 heteroatoms. The minimum absolute atomic E-state index is 0.669. The minimum Gasteiger partial charge on any atom is -0.494 e. The third-order valence-electron chi connectivity index (χ3n) is 5.86. The fourth-order valence-corrected chi connectivity index (χ4v) is 4.20. The first-order valence-corrected chi connectivity index (χ1v) is 10.8. The van der Waals surface area contributed by atoms with Gasteiger partial charge < -0.3 is 14.2 Å². The molecule has 0 spiro atoms. The summed E-state index contributed by atoms with van der Waals surface area (Å²) in [4.78, 5) is 4.76. The van der Waals surface area contributed by atoms with E-state index in [0.717, 1.165) is 80.2 Å². The molecule has 1 saturated heterocycles. The molecule has 8 nitrogen and oxygen atoms in total. The van der Waals surface area contributed by atoms with Gasteiger partial charge in [0.2, 0.25) is 0 Å². The number of rotatable bonds is 6. The molecule has 0 radical (unpaired) electrons. The second kappa shape index (κ2) is 8.39. The summed E-state index contributed by atoms with van der Waals surface area (Å²) in [5.74, 6) is 4.06. The van der Waals surface area contributed by atoms with Gasteiger partial charge in [-0.2, -0.15) is 0 Å². The van der Waals surface area contributed by atoms with Crippen LogP contribution in [-0.2, 0) is 19.5 Å². The van der Waals surface area contributed by atoms with Crippen LogP contribution in [0.2, 0.25) is 0 Å². The van der Waals surface area contributed by atoms with Gasteiger partial charge in [-0.3, -0.25) is 4.90 Å². The minimum atomic E-state index is 0.669. The molecule has 2 aliphatic heterocycles. The van der Waals surface area contributed by atoms with Crippen molar-refractivity contribution in [2.45, 2.75) is 32.9 Å². The van der Waals surface area contributed by atoms with Crippen LogP contribution in [0.1, 0.15) is 25.0 Å². The summed E-state index contributed by atoms with van der Waals surface area (Å²) in [6, 6.07) is 12.1. The van der Waals surface area contributed by atoms with E-state index >= 15 is 0 Å². The van der Waals surface area contributed by atoms with E-state index in [1.54, 1.807) is 0 Å². The summed E-state index contributed by atoms with van der Waals surface area (Å²) >= 11 is 0. The van der Waals surface area contributed by atoms with Gasteiger partial charge in [-0.15, -0.1) is 20.4 Å². The van der Waals surface area contributed by atoms with Crippen LogP contribution in [0.15, 0.2) is 36.4 Å². The lowest BCUT2D eigenvalue weighted by Crippen LogP contribution is -2.46. The smallest absolute Gasteiger partial charge is 0.151 e. The Kier molecular flexibility index (Phi) is 5.31. The standard InChI is InChI=1S/C22H27N7O/c1-2-30-18-7-5-17(6-8-18)19-9-10-20(24-23-19)28-14-12-27(13-15-28)16-22-26-25-21-4-3-11-29(21)22/h5-10H,2-4,11-16H2,1H3. The van der Waals surface area contributed by atoms with Gasteiger partial charge in [0.1, 0.15) is 17.4 Å². The van der Waals surface area contributed by atoms with Crippen LogP contribution >= 0.6 is 0 Å². The molecule has 156 valence electrons. The van der Waals surface area contributed by atoms with Crippen molar-refractivity contribution in [3.63, 3.8) is 0 Å². The number of benzene rings is 1. The molecule has 2 aromatic heterocycles. The summed E-state index contributed by atoms with van der Waals surface area (Å²) in [5, 5.41) is 17.6. The number of hydrogen-bond acceptors (Lipinski definition) is 7. The second-order valence-corrected chi connectivity index (χ2v) is 7.79. The maximum atomic E-state index is 5.50. The average molecular weight is 406 g/mol. The lowest BCUT2D eigenvalue weighted by molar-refractivity contribution is 0.240. The number of aryl methyl sites for hydroxylation is 1. The fraction of sp³-hybridized carbons (Fsp3) is 0.455. The molecular formula is C22H27N7O. The largest absolute Gasteiger partial charge is 0.494 e. The number of aromatic nitrogens is 5. The van der Waals surface area contributed by atoms with Crippen LogP contribution in [0.25, 0.3) is 11.3 Å². The molecule has 3 aromatic rings. The third-order valence-corrected chi connectivity index (χ3v) is 5.86. The zero-order valence-electron chi connectivity index (χ0n) is 17.4. The van der Waals surface area contributed by atoms with Gasteiger partial charge >= 0.3 is 0 Å². The van der Waals surface area contributed by atoms with Crippen molar-refractivity contribution in [1.29, 1.82) is 0 Å². The molecule has 0 saturated carbocycles. The summed E-state index contributed by atoms with van der Waals surface area (Å²) < 4.78 is 7.79. The number of fused-ring (bicyclic) bond motifs is 1. The predicted molar refractivity (Wildman–Crippen MR) is 114 cm³/mol. The highest BCUT2D eigenvalue weighted by molar-refractivity contribution is 5.60. The van der Waals surface area contributed by atoms with E-state index in [0.29, 0.717) is 6.61 Å². The zero-order chi connectivity index (χ0) is 20.3. The molecule has 4 heterocycles. The van der Waals surface area contributed by atoms with Gasteiger partial charge in [0.15, 0.2) is 5.82 Å². The van der Waals surface area contributed by atoms with Crippen molar-refractivity contribution in [2.75, 3.05) is 37.7 Å². The van der Waals surface area contributed by atoms with Crippen LogP contribution in [0.3, 0.4) is 0 Å². The molecule has 0 atom stereocenters. The molecule has 0 bridgehead atoms. The molecule has 0 unspecified atom stereocenters. The van der Waals surface area contributed by atoms with Crippen LogP contribution in [-0.4, -0.2) is 62.6 Å². The number of nitrogens with zero attached hydrogens (tertiary/aromatic N) is 7. The van der Waals surface area contributed by atoms with Crippen LogP contribution in [0.4, 0.5) is 5.82 Å². The first kappa shape index (κ1) is 19.0. The number of hydrogen-bond donors (Lipinski definition) is 0. The molecule has 5 rings (SSSR count). The lowest BCUT2D eigenvalue weighted by atomic mass is 10.1. The summed E-state index contributed by atoms with van der Waals surface area (Å²) in [7, 11) is 0. The molecular weight excluding hydrogens is 378 g/mol. The maximum Gasteiger partial charge on any atom is 0.151 e. The van der Waals surface area contributed by atoms with E-state index in [4.69, 9.17) is 4.74 Å². The molecule has 0 N–H and O–H groups in total. The number of ether oxygens (including phenoxy) is 1. The number of anilines is 1. The van der Waals surface area contributed by atoms with Crippen molar-refractivity contribution in [3.05, 3.63) is 48.0 Å². The first-order valence-electron chi connectivity index (χ1n) is 10.8. The third kappa shape index (κ3) is 3.87. The first-order chi connectivity index (χ1) is 14.8. The van der Waals surface area contributed by atoms with Crippen LogP contribution < -0.4 is 9.64 Å². The highest BCUT2D eigenvalue weighted by Crippen LogP contribution is 2.22. The highest BCUT2D eigenvalue weighted by atomic mass is 16.5. The normalized spacial score (nSPS) is 16.6. The van der Waals surface area contributed by atoms with E-state index in [-0.39, 0.29) is 0 Å². The average Bonchev–Trinajstić information content (AvgIpc) is 3.41. The van der Waals surface area contributed by atoms with Crippen molar-refractivity contribution in [1.82, 2.24) is 29.9 Å². The summed E-state index contributed by atoms with van der Waals surface area (Å²) in [6.45, 7) is 8.46. The lowest BCUT2D eigenvalue weighted by Gasteiger charge is -2.34. The molecule has 2 aliphatic rings. The summed E-state index contributed by atoms with van der Waals surface area (Å²) in [5.41, 5.74) is 1.92. The van der Waals surface area contributed by atoms with Crippen molar-refractivity contribution in [3.8, 4) is 17.0 Å². The highest BCUT2D eigenvalue weighted by Gasteiger charge is 2.23. The van der Waals surface area contributed by atoms with Crippen molar-refractivity contribution in [2.24, 2.45) is 0 Å². The Balaban J connectivity index is 1.18. The predicted octanol–water partition coefficient (Wildman–Crippen LogP) is 2.40. The van der Waals surface area contributed by atoms with Gasteiger partial charge in [-0.05, 0) is 49.7 Å². The van der Waals surface area contributed by atoms with Crippen molar-refractivity contribution < 1.29 is 4.74 Å². The SMILES string of the molecule is CCOc1ccc(-c2ccc(N3CCN(Cc4nnc5n4CCC5)CC3)nn2)cc1. The quantitative estimate of drug-likeness (QED) is 0.624. The molecule has 0 aliphatic carbocycles. The van der Waals surface area contributed by atoms with Gasteiger partial charge in [-0.1, -0.05) is 0 Å². The number of piperazine rings is 1. The molecule has 1 aromatic carbocycles. The summed E-state index contributed by atoms with van der Waals surface area (Å²) in [6.07, 6.45) is 2.25. The topological polar surface area (TPSA) is 72.2 Å². The Morgan fingerprint density at radius 3 is 2.43 bits per heavy atom. The van der Waals surface area contributed by atoms with Gasteiger partial charge in [0, 0.05) is 44.7 Å². The van der Waals surface area contributed by atoms with E-state index in [2.05, 4.69) is 40.8 Å². The Morgan fingerprint density at radius 1 is 0.867 bits per heavy atom. The monoisotopic (exact) mass is 405 g/mol. The Labute approximate surface area is 176 Å². The van der Waals surface area contributed by atoms with Gasteiger partial charge in [0.05, 0.1) is 18.8 Å². The second-order valence-electron chi connectivity index (χ2n) is 7.79. The van der Waals surface area contributed by atoms with Gasteiger partial charge in [-0.25, -0.2) is 0 Å².